The van der Waals surface area contributed by atoms with Gasteiger partial charge in [-0.25, -0.2) is 0 Å². The standard InChI is InChI=1S/C16H22INO/c1-6-12-9-18(10(2)3)15-8-14(17)16(7-13(12)15)19-11(4)5/h7-11H,6H2,1-5H3. The highest BCUT2D eigenvalue weighted by Crippen LogP contribution is 2.33. The molecule has 19 heavy (non-hydrogen) atoms. The molecule has 104 valence electrons. The third kappa shape index (κ3) is 2.91. The summed E-state index contributed by atoms with van der Waals surface area (Å²) in [5.41, 5.74) is 2.71. The molecule has 0 bridgehead atoms. The molecule has 0 fully saturated rings. The van der Waals surface area contributed by atoms with Gasteiger partial charge in [0.15, 0.2) is 0 Å². The molecule has 0 spiro atoms. The topological polar surface area (TPSA) is 14.2 Å². The fourth-order valence-electron chi connectivity index (χ4n) is 2.37. The van der Waals surface area contributed by atoms with Crippen LogP contribution in [-0.4, -0.2) is 10.7 Å². The summed E-state index contributed by atoms with van der Waals surface area (Å²) in [5.74, 6) is 0.999. The summed E-state index contributed by atoms with van der Waals surface area (Å²) in [6, 6.07) is 4.93. The Labute approximate surface area is 129 Å². The molecule has 0 N–H and O–H groups in total. The minimum absolute atomic E-state index is 0.211. The summed E-state index contributed by atoms with van der Waals surface area (Å²) in [6.07, 6.45) is 3.55. The number of nitrogens with zero attached hydrogens (tertiary/aromatic N) is 1. The second-order valence-electron chi connectivity index (χ2n) is 5.48. The number of benzene rings is 1. The Morgan fingerprint density at radius 1 is 1.21 bits per heavy atom. The van der Waals surface area contributed by atoms with Crippen LogP contribution in [0.3, 0.4) is 0 Å². The molecule has 1 aromatic carbocycles. The first kappa shape index (κ1) is 14.7. The quantitative estimate of drug-likeness (QED) is 0.676. The lowest BCUT2D eigenvalue weighted by Gasteiger charge is -2.14. The van der Waals surface area contributed by atoms with Crippen LogP contribution in [0, 0.1) is 3.57 Å². The van der Waals surface area contributed by atoms with E-state index >= 15 is 0 Å². The van der Waals surface area contributed by atoms with Gasteiger partial charge >= 0.3 is 0 Å². The molecular weight excluding hydrogens is 349 g/mol. The number of aryl methyl sites for hydroxylation is 1. The van der Waals surface area contributed by atoms with Gasteiger partial charge in [-0.1, -0.05) is 6.92 Å². The van der Waals surface area contributed by atoms with Crippen LogP contribution in [0.25, 0.3) is 10.9 Å². The summed E-state index contributed by atoms with van der Waals surface area (Å²) in [4.78, 5) is 0. The molecular formula is C16H22INO. The zero-order valence-corrected chi connectivity index (χ0v) is 14.5. The molecule has 2 aromatic rings. The Hall–Kier alpha value is -0.710. The lowest BCUT2D eigenvalue weighted by atomic mass is 10.1. The average molecular weight is 371 g/mol. The summed E-state index contributed by atoms with van der Waals surface area (Å²) < 4.78 is 9.44. The molecule has 0 radical (unpaired) electrons. The molecule has 1 aromatic heterocycles. The van der Waals surface area contributed by atoms with E-state index in [4.69, 9.17) is 4.74 Å². The number of rotatable bonds is 4. The van der Waals surface area contributed by atoms with Crippen LogP contribution in [0.2, 0.25) is 0 Å². The molecule has 2 rings (SSSR count). The Morgan fingerprint density at radius 3 is 2.42 bits per heavy atom. The number of aromatic nitrogens is 1. The molecule has 3 heteroatoms. The van der Waals surface area contributed by atoms with Crippen LogP contribution < -0.4 is 4.74 Å². The first-order chi connectivity index (χ1) is 8.93. The normalized spacial score (nSPS) is 11.8. The van der Waals surface area contributed by atoms with Crippen molar-refractivity contribution in [1.29, 1.82) is 0 Å². The fraction of sp³-hybridized carbons (Fsp3) is 0.500. The monoisotopic (exact) mass is 371 g/mol. The molecule has 0 aliphatic heterocycles. The van der Waals surface area contributed by atoms with E-state index in [9.17, 15) is 0 Å². The Kier molecular flexibility index (Phi) is 4.43. The fourth-order valence-corrected chi connectivity index (χ4v) is 2.95. The maximum Gasteiger partial charge on any atom is 0.133 e. The average Bonchev–Trinajstić information content (AvgIpc) is 2.67. The lowest BCUT2D eigenvalue weighted by Crippen LogP contribution is -2.07. The zero-order chi connectivity index (χ0) is 14.2. The van der Waals surface area contributed by atoms with Gasteiger partial charge in [-0.2, -0.15) is 0 Å². The number of halogens is 1. The second kappa shape index (κ2) is 5.73. The van der Waals surface area contributed by atoms with E-state index in [0.29, 0.717) is 6.04 Å². The largest absolute Gasteiger partial charge is 0.490 e. The van der Waals surface area contributed by atoms with Crippen LogP contribution in [0.15, 0.2) is 18.3 Å². The van der Waals surface area contributed by atoms with E-state index in [1.165, 1.54) is 20.0 Å². The number of fused-ring (bicyclic) bond motifs is 1. The molecule has 0 saturated carbocycles. The van der Waals surface area contributed by atoms with Gasteiger partial charge < -0.3 is 9.30 Å². The molecule has 2 nitrogen and oxygen atoms in total. The third-order valence-corrected chi connectivity index (χ3v) is 4.11. The predicted octanol–water partition coefficient (Wildman–Crippen LogP) is 5.18. The summed E-state index contributed by atoms with van der Waals surface area (Å²) >= 11 is 2.36. The van der Waals surface area contributed by atoms with Gasteiger partial charge in [-0.05, 0) is 74.4 Å². The third-order valence-electron chi connectivity index (χ3n) is 3.27. The van der Waals surface area contributed by atoms with Crippen molar-refractivity contribution in [3.05, 3.63) is 27.5 Å². The SMILES string of the molecule is CCc1cn(C(C)C)c2cc(I)c(OC(C)C)cc12. The van der Waals surface area contributed by atoms with Gasteiger partial charge in [0.2, 0.25) is 0 Å². The lowest BCUT2D eigenvalue weighted by molar-refractivity contribution is 0.241. The molecule has 0 aliphatic carbocycles. The molecule has 0 aliphatic rings. The van der Waals surface area contributed by atoms with Gasteiger partial charge in [0.1, 0.15) is 5.75 Å². The van der Waals surface area contributed by atoms with Crippen molar-refractivity contribution in [3.63, 3.8) is 0 Å². The van der Waals surface area contributed by atoms with Gasteiger partial charge in [-0.15, -0.1) is 0 Å². The van der Waals surface area contributed by atoms with E-state index in [0.717, 1.165) is 12.2 Å². The van der Waals surface area contributed by atoms with E-state index in [1.807, 2.05) is 0 Å². The predicted molar refractivity (Wildman–Crippen MR) is 90.2 cm³/mol. The first-order valence-corrected chi connectivity index (χ1v) is 8.01. The van der Waals surface area contributed by atoms with Crippen molar-refractivity contribution >= 4 is 33.5 Å². The van der Waals surface area contributed by atoms with Crippen LogP contribution in [0.1, 0.15) is 46.2 Å². The first-order valence-electron chi connectivity index (χ1n) is 6.93. The van der Waals surface area contributed by atoms with Crippen molar-refractivity contribution in [3.8, 4) is 5.75 Å². The molecule has 0 amide bonds. The van der Waals surface area contributed by atoms with Crippen LogP contribution in [0.5, 0.6) is 5.75 Å². The van der Waals surface area contributed by atoms with Crippen molar-refractivity contribution in [2.75, 3.05) is 0 Å². The summed E-state index contributed by atoms with van der Waals surface area (Å²) in [5, 5.41) is 1.33. The van der Waals surface area contributed by atoms with Crippen LogP contribution in [0.4, 0.5) is 0 Å². The van der Waals surface area contributed by atoms with Crippen molar-refractivity contribution in [2.24, 2.45) is 0 Å². The highest BCUT2D eigenvalue weighted by Gasteiger charge is 2.13. The minimum Gasteiger partial charge on any atom is -0.490 e. The van der Waals surface area contributed by atoms with E-state index in [2.05, 4.69) is 80.1 Å². The summed E-state index contributed by atoms with van der Waals surface area (Å²) in [6.45, 7) is 10.8. The van der Waals surface area contributed by atoms with Gasteiger partial charge in [0.05, 0.1) is 9.67 Å². The number of hydrogen-bond donors (Lipinski definition) is 0. The Balaban J connectivity index is 2.64. The number of ether oxygens (including phenoxy) is 1. The van der Waals surface area contributed by atoms with Crippen LogP contribution >= 0.6 is 22.6 Å². The van der Waals surface area contributed by atoms with Crippen molar-refractivity contribution in [1.82, 2.24) is 4.57 Å². The van der Waals surface area contributed by atoms with E-state index in [1.54, 1.807) is 0 Å². The van der Waals surface area contributed by atoms with Crippen molar-refractivity contribution < 1.29 is 4.74 Å². The van der Waals surface area contributed by atoms with Crippen LogP contribution in [-0.2, 0) is 6.42 Å². The van der Waals surface area contributed by atoms with Crippen molar-refractivity contribution in [2.45, 2.75) is 53.2 Å². The minimum atomic E-state index is 0.211. The maximum absolute atomic E-state index is 5.91. The smallest absolute Gasteiger partial charge is 0.133 e. The van der Waals surface area contributed by atoms with E-state index < -0.39 is 0 Å². The zero-order valence-electron chi connectivity index (χ0n) is 12.3. The van der Waals surface area contributed by atoms with Gasteiger partial charge in [0, 0.05) is 23.1 Å². The van der Waals surface area contributed by atoms with E-state index in [-0.39, 0.29) is 6.10 Å². The molecule has 1 heterocycles. The Bertz CT molecular complexity index is 584. The molecule has 0 saturated heterocycles. The molecule has 0 unspecified atom stereocenters. The van der Waals surface area contributed by atoms with Gasteiger partial charge in [0.25, 0.3) is 0 Å². The second-order valence-corrected chi connectivity index (χ2v) is 6.64. The Morgan fingerprint density at radius 2 is 1.89 bits per heavy atom. The highest BCUT2D eigenvalue weighted by atomic mass is 127. The maximum atomic E-state index is 5.91. The highest BCUT2D eigenvalue weighted by molar-refractivity contribution is 14.1. The van der Waals surface area contributed by atoms with Gasteiger partial charge in [-0.3, -0.25) is 0 Å². The summed E-state index contributed by atoms with van der Waals surface area (Å²) in [7, 11) is 0. The molecule has 0 atom stereocenters. The number of hydrogen-bond acceptors (Lipinski definition) is 1.